The fourth-order valence-electron chi connectivity index (χ4n) is 3.39. The van der Waals surface area contributed by atoms with Gasteiger partial charge in [0.25, 0.3) is 0 Å². The third-order valence-corrected chi connectivity index (χ3v) is 5.98. The summed E-state index contributed by atoms with van der Waals surface area (Å²) >= 11 is 0.962. The molecule has 2 aliphatic rings. The van der Waals surface area contributed by atoms with Crippen LogP contribution in [0.15, 0.2) is 46.3 Å². The molecule has 0 saturated carbocycles. The zero-order valence-corrected chi connectivity index (χ0v) is 17.1. The lowest BCUT2D eigenvalue weighted by Crippen LogP contribution is -2.39. The fourth-order valence-corrected chi connectivity index (χ4v) is 4.68. The Morgan fingerprint density at radius 3 is 2.53 bits per heavy atom. The number of methoxy groups -OCH3 is 1. The van der Waals surface area contributed by atoms with Crippen molar-refractivity contribution < 1.29 is 29.0 Å². The number of fused-ring (bicyclic) bond motifs is 1. The summed E-state index contributed by atoms with van der Waals surface area (Å²) in [5, 5.41) is 18.3. The highest BCUT2D eigenvalue weighted by Gasteiger charge is 2.48. The highest BCUT2D eigenvalue weighted by molar-refractivity contribution is 8.04. The van der Waals surface area contributed by atoms with Crippen LogP contribution in [0.4, 0.5) is 0 Å². The number of thioether (sulfide) groups is 1. The van der Waals surface area contributed by atoms with Crippen molar-refractivity contribution in [2.24, 2.45) is 5.73 Å². The van der Waals surface area contributed by atoms with Crippen LogP contribution in [0.5, 0.6) is 5.75 Å². The van der Waals surface area contributed by atoms with E-state index in [9.17, 15) is 19.6 Å². The number of hydrogen-bond acceptors (Lipinski definition) is 8. The van der Waals surface area contributed by atoms with Gasteiger partial charge in [0, 0.05) is 0 Å². The average molecular weight is 429 g/mol. The number of carbonyl (C=O) groups excluding carboxylic acids is 2. The minimum atomic E-state index is -1.15. The normalized spacial score (nSPS) is 20.7. The van der Waals surface area contributed by atoms with Crippen LogP contribution in [0.3, 0.4) is 0 Å². The van der Waals surface area contributed by atoms with Gasteiger partial charge in [-0.15, -0.1) is 0 Å². The van der Waals surface area contributed by atoms with Gasteiger partial charge in [-0.2, -0.15) is 5.26 Å². The molecule has 0 spiro atoms. The number of aliphatic carboxylic acids is 1. The molecule has 2 unspecified atom stereocenters. The summed E-state index contributed by atoms with van der Waals surface area (Å²) in [6, 6.07) is 8.83. The lowest BCUT2D eigenvalue weighted by molar-refractivity contribution is -0.140. The topological polar surface area (TPSA) is 143 Å². The number of allylic oxidation sites excluding steroid dienone is 1. The minimum absolute atomic E-state index is 0.0350. The van der Waals surface area contributed by atoms with Crippen LogP contribution < -0.4 is 10.5 Å². The van der Waals surface area contributed by atoms with Crippen LogP contribution in [-0.2, 0) is 19.1 Å². The standard InChI is InChI=1S/C20H19N3O6S/c1-3-29-20(27)16-15(10-4-6-11(28-2)7-5-10)12(9-21)19-23(17(16)22)18(26)13(30-19)8-14(24)25/h4-7,13,15H,3,8,22H2,1-2H3,(H,24,25). The molecule has 3 N–H and O–H groups in total. The van der Waals surface area contributed by atoms with E-state index in [0.29, 0.717) is 11.3 Å². The molecule has 30 heavy (non-hydrogen) atoms. The minimum Gasteiger partial charge on any atom is -0.497 e. The molecule has 2 heterocycles. The van der Waals surface area contributed by atoms with Gasteiger partial charge in [-0.05, 0) is 24.6 Å². The molecule has 2 atom stereocenters. The molecule has 0 bridgehead atoms. The molecule has 0 radical (unpaired) electrons. The van der Waals surface area contributed by atoms with Gasteiger partial charge in [0.05, 0.1) is 48.3 Å². The van der Waals surface area contributed by atoms with Gasteiger partial charge in [-0.25, -0.2) is 4.79 Å². The second-order valence-electron chi connectivity index (χ2n) is 6.43. The molecule has 1 amide bonds. The number of rotatable bonds is 6. The second-order valence-corrected chi connectivity index (χ2v) is 7.63. The smallest absolute Gasteiger partial charge is 0.338 e. The lowest BCUT2D eigenvalue weighted by Gasteiger charge is -2.31. The Labute approximate surface area is 176 Å². The first kappa shape index (κ1) is 21.3. The molecular weight excluding hydrogens is 410 g/mol. The van der Waals surface area contributed by atoms with E-state index in [-0.39, 0.29) is 28.6 Å². The maximum Gasteiger partial charge on any atom is 0.338 e. The molecule has 1 saturated heterocycles. The number of carboxylic acids is 1. The van der Waals surface area contributed by atoms with E-state index in [1.807, 2.05) is 0 Å². The fraction of sp³-hybridized carbons (Fsp3) is 0.300. The molecule has 10 heteroatoms. The van der Waals surface area contributed by atoms with Gasteiger partial charge in [-0.1, -0.05) is 23.9 Å². The van der Waals surface area contributed by atoms with Crippen LogP contribution in [0.25, 0.3) is 0 Å². The van der Waals surface area contributed by atoms with E-state index in [0.717, 1.165) is 16.7 Å². The number of ether oxygens (including phenoxy) is 2. The van der Waals surface area contributed by atoms with Crippen LogP contribution in [-0.4, -0.2) is 46.8 Å². The molecular formula is C20H19N3O6S. The number of carbonyl (C=O) groups is 3. The van der Waals surface area contributed by atoms with Crippen molar-refractivity contribution in [3.63, 3.8) is 0 Å². The summed E-state index contributed by atoms with van der Waals surface area (Å²) in [4.78, 5) is 37.8. The number of nitrogens with zero attached hydrogens (tertiary/aromatic N) is 2. The third kappa shape index (κ3) is 3.59. The van der Waals surface area contributed by atoms with Crippen LogP contribution >= 0.6 is 11.8 Å². The summed E-state index contributed by atoms with van der Waals surface area (Å²) in [7, 11) is 1.52. The maximum absolute atomic E-state index is 12.8. The van der Waals surface area contributed by atoms with Gasteiger partial charge in [-0.3, -0.25) is 14.5 Å². The highest BCUT2D eigenvalue weighted by atomic mass is 32.2. The third-order valence-electron chi connectivity index (χ3n) is 4.70. The first-order chi connectivity index (χ1) is 14.3. The van der Waals surface area contributed by atoms with Gasteiger partial charge >= 0.3 is 11.9 Å². The Bertz CT molecular complexity index is 1010. The number of nitriles is 1. The lowest BCUT2D eigenvalue weighted by atomic mass is 9.83. The zero-order chi connectivity index (χ0) is 22.0. The van der Waals surface area contributed by atoms with Gasteiger partial charge in [0.1, 0.15) is 16.8 Å². The molecule has 3 rings (SSSR count). The predicted octanol–water partition coefficient (Wildman–Crippen LogP) is 1.68. The SMILES string of the molecule is CCOC(=O)C1=C(N)N2C(=O)C(CC(=O)O)SC2=C(C#N)C1c1ccc(OC)cc1. The summed E-state index contributed by atoms with van der Waals surface area (Å²) in [5.74, 6) is -2.92. The monoisotopic (exact) mass is 429 g/mol. The van der Waals surface area contributed by atoms with E-state index in [1.165, 1.54) is 7.11 Å². The van der Waals surface area contributed by atoms with Crippen LogP contribution in [0, 0.1) is 11.3 Å². The Hall–Kier alpha value is -3.45. The van der Waals surface area contributed by atoms with Gasteiger partial charge in [0.15, 0.2) is 0 Å². The number of nitrogens with two attached hydrogens (primary N) is 1. The van der Waals surface area contributed by atoms with Crippen LogP contribution in [0.2, 0.25) is 0 Å². The predicted molar refractivity (Wildman–Crippen MR) is 107 cm³/mol. The summed E-state index contributed by atoms with van der Waals surface area (Å²) in [6.07, 6.45) is -0.433. The summed E-state index contributed by atoms with van der Waals surface area (Å²) < 4.78 is 10.3. The first-order valence-corrected chi connectivity index (χ1v) is 9.89. The van der Waals surface area contributed by atoms with Crippen molar-refractivity contribution >= 4 is 29.6 Å². The maximum atomic E-state index is 12.8. The van der Waals surface area contributed by atoms with Crippen molar-refractivity contribution in [3.05, 3.63) is 51.8 Å². The molecule has 1 aromatic carbocycles. The van der Waals surface area contributed by atoms with E-state index in [4.69, 9.17) is 20.3 Å². The summed E-state index contributed by atoms with van der Waals surface area (Å²) in [5.41, 5.74) is 6.91. The molecule has 1 aromatic rings. The van der Waals surface area contributed by atoms with Crippen molar-refractivity contribution in [1.29, 1.82) is 5.26 Å². The van der Waals surface area contributed by atoms with E-state index in [2.05, 4.69) is 6.07 Å². The molecule has 156 valence electrons. The van der Waals surface area contributed by atoms with Crippen molar-refractivity contribution in [2.45, 2.75) is 24.5 Å². The molecule has 0 aliphatic carbocycles. The van der Waals surface area contributed by atoms with Crippen molar-refractivity contribution in [2.75, 3.05) is 13.7 Å². The Morgan fingerprint density at radius 1 is 1.33 bits per heavy atom. The van der Waals surface area contributed by atoms with Gasteiger partial charge in [0.2, 0.25) is 5.91 Å². The molecule has 2 aliphatic heterocycles. The van der Waals surface area contributed by atoms with Crippen molar-refractivity contribution in [1.82, 2.24) is 4.90 Å². The van der Waals surface area contributed by atoms with E-state index >= 15 is 0 Å². The Kier molecular flexibility index (Phi) is 6.03. The molecule has 9 nitrogen and oxygen atoms in total. The molecule has 0 aromatic heterocycles. The van der Waals surface area contributed by atoms with E-state index in [1.54, 1.807) is 31.2 Å². The van der Waals surface area contributed by atoms with E-state index < -0.39 is 35.4 Å². The largest absolute Gasteiger partial charge is 0.497 e. The zero-order valence-electron chi connectivity index (χ0n) is 16.2. The number of benzene rings is 1. The Balaban J connectivity index is 2.19. The summed E-state index contributed by atoms with van der Waals surface area (Å²) in [6.45, 7) is 1.71. The molecule has 1 fully saturated rings. The quantitative estimate of drug-likeness (QED) is 0.645. The number of carboxylic acid groups (broad SMARTS) is 1. The highest BCUT2D eigenvalue weighted by Crippen LogP contribution is 2.49. The number of esters is 1. The van der Waals surface area contributed by atoms with Crippen LogP contribution in [0.1, 0.15) is 24.8 Å². The average Bonchev–Trinajstić information content (AvgIpc) is 3.03. The first-order valence-electron chi connectivity index (χ1n) is 9.01. The van der Waals surface area contributed by atoms with Crippen molar-refractivity contribution in [3.8, 4) is 11.8 Å². The second kappa shape index (κ2) is 8.51. The number of amides is 1. The Morgan fingerprint density at radius 2 is 2.00 bits per heavy atom. The van der Waals surface area contributed by atoms with Gasteiger partial charge < -0.3 is 20.3 Å². The number of hydrogen-bond donors (Lipinski definition) is 2.